The lowest BCUT2D eigenvalue weighted by atomic mass is 10.2. The van der Waals surface area contributed by atoms with E-state index in [4.69, 9.17) is 5.73 Å². The van der Waals surface area contributed by atoms with Crippen molar-refractivity contribution in [1.29, 1.82) is 0 Å². The quantitative estimate of drug-likeness (QED) is 0.797. The van der Waals surface area contributed by atoms with Gasteiger partial charge in [0.2, 0.25) is 5.91 Å². The minimum Gasteiger partial charge on any atom is -0.406 e. The van der Waals surface area contributed by atoms with Gasteiger partial charge in [0.05, 0.1) is 30.4 Å². The fourth-order valence-electron chi connectivity index (χ4n) is 1.88. The van der Waals surface area contributed by atoms with Gasteiger partial charge in [-0.3, -0.25) is 4.79 Å². The number of halogens is 3. The van der Waals surface area contributed by atoms with Crippen molar-refractivity contribution in [1.82, 2.24) is 0 Å². The Labute approximate surface area is 106 Å². The summed E-state index contributed by atoms with van der Waals surface area (Å²) < 4.78 is 40.1. The molecular formula is C11H11F3N2O3. The number of aliphatic hydroxyl groups is 1. The molecule has 1 heterocycles. The molecule has 1 saturated heterocycles. The van der Waals surface area contributed by atoms with Crippen LogP contribution in [0.2, 0.25) is 0 Å². The fraction of sp³-hybridized carbons (Fsp3) is 0.364. The topological polar surface area (TPSA) is 75.8 Å². The Balaban J connectivity index is 2.30. The maximum atomic E-state index is 12.1. The minimum absolute atomic E-state index is 0.00148. The number of nitrogen functional groups attached to an aromatic ring is 1. The number of aliphatic hydroxyl groups excluding tert-OH is 1. The van der Waals surface area contributed by atoms with E-state index >= 15 is 0 Å². The molecule has 0 spiro atoms. The van der Waals surface area contributed by atoms with Gasteiger partial charge in [-0.25, -0.2) is 0 Å². The lowest BCUT2D eigenvalue weighted by Gasteiger charge is -2.19. The van der Waals surface area contributed by atoms with E-state index in [0.29, 0.717) is 0 Å². The molecule has 5 nitrogen and oxygen atoms in total. The zero-order valence-electron chi connectivity index (χ0n) is 9.65. The highest BCUT2D eigenvalue weighted by atomic mass is 19.4. The number of benzene rings is 1. The van der Waals surface area contributed by atoms with E-state index in [1.165, 1.54) is 6.07 Å². The maximum absolute atomic E-state index is 12.1. The number of carbonyl (C=O) groups excluding carboxylic acids is 1. The van der Waals surface area contributed by atoms with Crippen LogP contribution in [0.25, 0.3) is 0 Å². The van der Waals surface area contributed by atoms with Crippen LogP contribution >= 0.6 is 0 Å². The number of ether oxygens (including phenoxy) is 1. The minimum atomic E-state index is -4.82. The van der Waals surface area contributed by atoms with E-state index < -0.39 is 24.1 Å². The summed E-state index contributed by atoms with van der Waals surface area (Å²) in [6, 6.07) is 3.30. The van der Waals surface area contributed by atoms with Gasteiger partial charge in [-0.05, 0) is 12.1 Å². The molecule has 19 heavy (non-hydrogen) atoms. The van der Waals surface area contributed by atoms with Crippen molar-refractivity contribution in [2.24, 2.45) is 0 Å². The Morgan fingerprint density at radius 2 is 2.11 bits per heavy atom. The van der Waals surface area contributed by atoms with Gasteiger partial charge in [-0.2, -0.15) is 0 Å². The van der Waals surface area contributed by atoms with Crippen LogP contribution in [0.15, 0.2) is 18.2 Å². The molecule has 0 bridgehead atoms. The molecule has 1 amide bonds. The summed E-state index contributed by atoms with van der Waals surface area (Å²) >= 11 is 0. The third-order valence-electron chi connectivity index (χ3n) is 2.63. The SMILES string of the molecule is Nc1ccc(OC(F)(F)F)cc1N1CC(O)CC1=O. The summed E-state index contributed by atoms with van der Waals surface area (Å²) in [5.74, 6) is -0.866. The Hall–Kier alpha value is -1.96. The number of carbonyl (C=O) groups is 1. The van der Waals surface area contributed by atoms with Crippen LogP contribution in [0, 0.1) is 0 Å². The normalized spacial score (nSPS) is 19.9. The molecule has 1 aliphatic heterocycles. The first kappa shape index (κ1) is 13.5. The van der Waals surface area contributed by atoms with Crippen molar-refractivity contribution in [3.8, 4) is 5.75 Å². The third kappa shape index (κ3) is 3.08. The molecule has 104 valence electrons. The Kier molecular flexibility index (Phi) is 3.27. The lowest BCUT2D eigenvalue weighted by Crippen LogP contribution is -2.26. The molecule has 1 aliphatic rings. The number of rotatable bonds is 2. The van der Waals surface area contributed by atoms with Crippen molar-refractivity contribution in [3.63, 3.8) is 0 Å². The largest absolute Gasteiger partial charge is 0.573 e. The number of hydrogen-bond acceptors (Lipinski definition) is 4. The molecule has 1 unspecified atom stereocenters. The van der Waals surface area contributed by atoms with Gasteiger partial charge in [0.25, 0.3) is 0 Å². The molecular weight excluding hydrogens is 265 g/mol. The number of anilines is 2. The van der Waals surface area contributed by atoms with Gasteiger partial charge in [-0.1, -0.05) is 0 Å². The molecule has 1 aromatic rings. The van der Waals surface area contributed by atoms with Crippen LogP contribution < -0.4 is 15.4 Å². The summed E-state index contributed by atoms with van der Waals surface area (Å²) in [7, 11) is 0. The Morgan fingerprint density at radius 1 is 1.42 bits per heavy atom. The first-order valence-electron chi connectivity index (χ1n) is 5.40. The zero-order chi connectivity index (χ0) is 14.2. The highest BCUT2D eigenvalue weighted by Gasteiger charge is 2.33. The van der Waals surface area contributed by atoms with Gasteiger partial charge in [0.1, 0.15) is 5.75 Å². The summed E-state index contributed by atoms with van der Waals surface area (Å²) in [5.41, 5.74) is 5.86. The second kappa shape index (κ2) is 4.61. The van der Waals surface area contributed by atoms with Crippen molar-refractivity contribution < 1.29 is 27.8 Å². The summed E-state index contributed by atoms with van der Waals surface area (Å²) in [4.78, 5) is 12.7. The molecule has 0 aliphatic carbocycles. The highest BCUT2D eigenvalue weighted by Crippen LogP contribution is 2.33. The smallest absolute Gasteiger partial charge is 0.406 e. The maximum Gasteiger partial charge on any atom is 0.573 e. The first-order valence-corrected chi connectivity index (χ1v) is 5.40. The van der Waals surface area contributed by atoms with Gasteiger partial charge in [0.15, 0.2) is 0 Å². The molecule has 3 N–H and O–H groups in total. The predicted molar refractivity (Wildman–Crippen MR) is 60.5 cm³/mol. The molecule has 8 heteroatoms. The fourth-order valence-corrected chi connectivity index (χ4v) is 1.88. The van der Waals surface area contributed by atoms with Crippen molar-refractivity contribution >= 4 is 17.3 Å². The molecule has 0 radical (unpaired) electrons. The van der Waals surface area contributed by atoms with Crippen LogP contribution in [-0.4, -0.2) is 30.0 Å². The number of alkyl halides is 3. The molecule has 1 fully saturated rings. The van der Waals surface area contributed by atoms with Crippen molar-refractivity contribution in [3.05, 3.63) is 18.2 Å². The van der Waals surface area contributed by atoms with Crippen LogP contribution in [0.3, 0.4) is 0 Å². The lowest BCUT2D eigenvalue weighted by molar-refractivity contribution is -0.274. The van der Waals surface area contributed by atoms with Gasteiger partial charge >= 0.3 is 6.36 Å². The molecule has 0 aromatic heterocycles. The molecule has 1 aromatic carbocycles. The van der Waals surface area contributed by atoms with Crippen LogP contribution in [0.4, 0.5) is 24.5 Å². The second-order valence-electron chi connectivity index (χ2n) is 4.13. The van der Waals surface area contributed by atoms with E-state index in [1.54, 1.807) is 0 Å². The van der Waals surface area contributed by atoms with E-state index in [9.17, 15) is 23.1 Å². The average molecular weight is 276 g/mol. The van der Waals surface area contributed by atoms with E-state index in [2.05, 4.69) is 4.74 Å². The molecule has 0 saturated carbocycles. The van der Waals surface area contributed by atoms with Crippen LogP contribution in [-0.2, 0) is 4.79 Å². The van der Waals surface area contributed by atoms with Gasteiger partial charge < -0.3 is 20.5 Å². The Morgan fingerprint density at radius 3 is 2.63 bits per heavy atom. The monoisotopic (exact) mass is 276 g/mol. The average Bonchev–Trinajstić information content (AvgIpc) is 2.58. The molecule has 2 rings (SSSR count). The predicted octanol–water partition coefficient (Wildman–Crippen LogP) is 1.27. The summed E-state index contributed by atoms with van der Waals surface area (Å²) in [6.45, 7) is -0.00148. The first-order chi connectivity index (χ1) is 8.76. The van der Waals surface area contributed by atoms with E-state index in [0.717, 1.165) is 17.0 Å². The van der Waals surface area contributed by atoms with E-state index in [-0.39, 0.29) is 24.3 Å². The zero-order valence-corrected chi connectivity index (χ0v) is 9.65. The van der Waals surface area contributed by atoms with Gasteiger partial charge in [-0.15, -0.1) is 13.2 Å². The molecule has 1 atom stereocenters. The summed E-state index contributed by atoms with van der Waals surface area (Å²) in [6.07, 6.45) is -5.75. The number of β-amino-alcohol motifs (C(OH)–C–C–N with tert-alkyl or cyclic N) is 1. The van der Waals surface area contributed by atoms with Crippen molar-refractivity contribution in [2.75, 3.05) is 17.2 Å². The standard InChI is InChI=1S/C11H11F3N2O3/c12-11(13,14)19-7-1-2-8(15)9(4-7)16-5-6(17)3-10(16)18/h1-2,4,6,17H,3,5,15H2. The van der Waals surface area contributed by atoms with Crippen LogP contribution in [0.1, 0.15) is 6.42 Å². The van der Waals surface area contributed by atoms with Crippen LogP contribution in [0.5, 0.6) is 5.75 Å². The number of amides is 1. The van der Waals surface area contributed by atoms with Crippen molar-refractivity contribution in [2.45, 2.75) is 18.9 Å². The number of nitrogens with two attached hydrogens (primary N) is 1. The number of nitrogens with zero attached hydrogens (tertiary/aromatic N) is 1. The number of hydrogen-bond donors (Lipinski definition) is 2. The second-order valence-corrected chi connectivity index (χ2v) is 4.13. The summed E-state index contributed by atoms with van der Waals surface area (Å²) in [5, 5.41) is 9.36. The van der Waals surface area contributed by atoms with E-state index in [1.807, 2.05) is 0 Å². The Bertz CT molecular complexity index is 504. The van der Waals surface area contributed by atoms with Gasteiger partial charge in [0, 0.05) is 6.07 Å². The third-order valence-corrected chi connectivity index (χ3v) is 2.63. The highest BCUT2D eigenvalue weighted by molar-refractivity contribution is 5.99.